The molecule has 2 N–H and O–H groups in total. The minimum Gasteiger partial charge on any atom is -0.444 e. The van der Waals surface area contributed by atoms with Crippen molar-refractivity contribution in [3.63, 3.8) is 0 Å². The van der Waals surface area contributed by atoms with E-state index in [0.29, 0.717) is 18.9 Å². The molecule has 0 fully saturated rings. The molecule has 18 heavy (non-hydrogen) atoms. The van der Waals surface area contributed by atoms with Crippen LogP contribution in [0.25, 0.3) is 11.5 Å². The first kappa shape index (κ1) is 12.9. The Morgan fingerprint density at radius 2 is 2.28 bits per heavy atom. The number of nitrogens with zero attached hydrogens (tertiary/aromatic N) is 3. The maximum atomic E-state index is 10.7. The maximum Gasteiger partial charge on any atom is 0.325 e. The first-order valence-corrected chi connectivity index (χ1v) is 7.14. The zero-order chi connectivity index (χ0) is 13.0. The van der Waals surface area contributed by atoms with Crippen molar-refractivity contribution in [2.24, 2.45) is 0 Å². The molecule has 2 aromatic heterocycles. The molecule has 96 valence electrons. The summed E-state index contributed by atoms with van der Waals surface area (Å²) in [4.78, 5) is 21.4. The summed E-state index contributed by atoms with van der Waals surface area (Å²) in [6, 6.07) is 1.79. The number of aryl methyl sites for hydroxylation is 1. The molecule has 0 aromatic carbocycles. The lowest BCUT2D eigenvalue weighted by atomic mass is 10.3. The van der Waals surface area contributed by atoms with E-state index < -0.39 is 7.60 Å². The van der Waals surface area contributed by atoms with Crippen molar-refractivity contribution in [2.75, 3.05) is 6.16 Å². The largest absolute Gasteiger partial charge is 0.444 e. The van der Waals surface area contributed by atoms with Crippen molar-refractivity contribution in [1.82, 2.24) is 10.1 Å². The van der Waals surface area contributed by atoms with Gasteiger partial charge in [-0.15, -0.1) is 0 Å². The molecule has 0 saturated carbocycles. The van der Waals surface area contributed by atoms with E-state index >= 15 is 0 Å². The van der Waals surface area contributed by atoms with Gasteiger partial charge in [0.1, 0.15) is 12.5 Å². The summed E-state index contributed by atoms with van der Waals surface area (Å²) in [7, 11) is -3.92. The summed E-state index contributed by atoms with van der Waals surface area (Å²) in [6.07, 6.45) is 6.60. The average Bonchev–Trinajstić information content (AvgIpc) is 2.82. The highest BCUT2D eigenvalue weighted by atomic mass is 31.2. The Morgan fingerprint density at radius 3 is 2.83 bits per heavy atom. The summed E-state index contributed by atoms with van der Waals surface area (Å²) >= 11 is 0. The normalized spacial score (nSPS) is 11.7. The summed E-state index contributed by atoms with van der Waals surface area (Å²) < 4.78 is 17.4. The second-order valence-corrected chi connectivity index (χ2v) is 5.53. The zero-order valence-corrected chi connectivity index (χ0v) is 10.4. The van der Waals surface area contributed by atoms with Crippen LogP contribution in [0, 0.1) is 0 Å². The van der Waals surface area contributed by atoms with E-state index in [1.54, 1.807) is 29.3 Å². The maximum absolute atomic E-state index is 10.7. The van der Waals surface area contributed by atoms with Gasteiger partial charge in [0.15, 0.2) is 12.7 Å². The van der Waals surface area contributed by atoms with Crippen LogP contribution in [-0.2, 0) is 11.1 Å². The van der Waals surface area contributed by atoms with Gasteiger partial charge in [-0.05, 0) is 5.10 Å². The van der Waals surface area contributed by atoms with Crippen molar-refractivity contribution in [3.8, 4) is 11.5 Å². The first-order valence-electron chi connectivity index (χ1n) is 5.35. The summed E-state index contributed by atoms with van der Waals surface area (Å²) in [5, 5.41) is 4.12. The van der Waals surface area contributed by atoms with Crippen molar-refractivity contribution < 1.29 is 23.5 Å². The van der Waals surface area contributed by atoms with Crippen LogP contribution in [0.5, 0.6) is 0 Å². The van der Waals surface area contributed by atoms with E-state index in [4.69, 9.17) is 14.2 Å². The summed E-state index contributed by atoms with van der Waals surface area (Å²) in [6.45, 7) is 0.455. The van der Waals surface area contributed by atoms with E-state index in [0.717, 1.165) is 5.56 Å². The smallest absolute Gasteiger partial charge is 0.325 e. The molecule has 0 bridgehead atoms. The summed E-state index contributed by atoms with van der Waals surface area (Å²) in [5.74, 6) is 0.491. The molecule has 0 aliphatic carbocycles. The number of oxazole rings is 1. The standard InChI is InChI=1S/C10H12N3O4P/c14-18(15,16)7-1-4-13-5-2-9(8-12-13)10-11-3-6-17-10/h2-3,5-6,8H,1,4,7H2,(H-,14,15,16)/p+1. The van der Waals surface area contributed by atoms with Crippen LogP contribution in [0.2, 0.25) is 0 Å². The van der Waals surface area contributed by atoms with Crippen molar-refractivity contribution >= 4 is 7.60 Å². The summed E-state index contributed by atoms with van der Waals surface area (Å²) in [5.41, 5.74) is 0.756. The van der Waals surface area contributed by atoms with Gasteiger partial charge in [-0.1, -0.05) is 4.68 Å². The number of hydrogen-bond donors (Lipinski definition) is 2. The molecule has 0 amide bonds. The van der Waals surface area contributed by atoms with Crippen LogP contribution < -0.4 is 4.68 Å². The van der Waals surface area contributed by atoms with Gasteiger partial charge in [-0.25, -0.2) is 4.98 Å². The molecule has 2 rings (SSSR count). The van der Waals surface area contributed by atoms with E-state index in [1.165, 1.54) is 6.26 Å². The minimum absolute atomic E-state index is 0.136. The number of hydrogen-bond acceptors (Lipinski definition) is 4. The lowest BCUT2D eigenvalue weighted by Crippen LogP contribution is -2.37. The topological polar surface area (TPSA) is 100 Å². The van der Waals surface area contributed by atoms with Crippen LogP contribution in [0.4, 0.5) is 0 Å². The third kappa shape index (κ3) is 3.73. The van der Waals surface area contributed by atoms with Crippen LogP contribution in [-0.4, -0.2) is 26.0 Å². The molecule has 0 aliphatic heterocycles. The van der Waals surface area contributed by atoms with Gasteiger partial charge in [0.25, 0.3) is 0 Å². The van der Waals surface area contributed by atoms with Crippen LogP contribution in [0.15, 0.2) is 35.3 Å². The van der Waals surface area contributed by atoms with Gasteiger partial charge in [-0.3, -0.25) is 4.57 Å². The second-order valence-electron chi connectivity index (χ2n) is 3.76. The van der Waals surface area contributed by atoms with Gasteiger partial charge in [0.05, 0.1) is 17.9 Å². The molecule has 8 heteroatoms. The van der Waals surface area contributed by atoms with Gasteiger partial charge in [0, 0.05) is 12.5 Å². The molecule has 0 atom stereocenters. The Kier molecular flexibility index (Phi) is 3.86. The molecule has 0 saturated heterocycles. The minimum atomic E-state index is -3.92. The highest BCUT2D eigenvalue weighted by molar-refractivity contribution is 7.51. The van der Waals surface area contributed by atoms with E-state index in [-0.39, 0.29) is 6.16 Å². The van der Waals surface area contributed by atoms with Crippen molar-refractivity contribution in [3.05, 3.63) is 30.9 Å². The molecule has 2 heterocycles. The van der Waals surface area contributed by atoms with E-state index in [1.807, 2.05) is 0 Å². The van der Waals surface area contributed by atoms with Crippen molar-refractivity contribution in [2.45, 2.75) is 13.0 Å². The predicted octanol–water partition coefficient (Wildman–Crippen LogP) is 0.592. The zero-order valence-electron chi connectivity index (χ0n) is 9.51. The fraction of sp³-hybridized carbons (Fsp3) is 0.300. The Morgan fingerprint density at radius 1 is 1.44 bits per heavy atom. The molecule has 0 aliphatic rings. The number of aromatic nitrogens is 3. The fourth-order valence-corrected chi connectivity index (χ4v) is 2.00. The third-order valence-electron chi connectivity index (χ3n) is 2.29. The highest BCUT2D eigenvalue weighted by Crippen LogP contribution is 2.34. The van der Waals surface area contributed by atoms with Gasteiger partial charge in [-0.2, -0.15) is 0 Å². The van der Waals surface area contributed by atoms with Gasteiger partial charge < -0.3 is 14.2 Å². The lowest BCUT2D eigenvalue weighted by molar-refractivity contribution is -0.753. The van der Waals surface area contributed by atoms with Gasteiger partial charge in [0.2, 0.25) is 5.89 Å². The second kappa shape index (κ2) is 5.39. The molecule has 7 nitrogen and oxygen atoms in total. The Balaban J connectivity index is 1.94. The Labute approximate surface area is 103 Å². The first-order chi connectivity index (χ1) is 8.54. The Bertz CT molecular complexity index is 535. The highest BCUT2D eigenvalue weighted by Gasteiger charge is 2.14. The molecule has 0 radical (unpaired) electrons. The lowest BCUT2D eigenvalue weighted by Gasteiger charge is -2.00. The van der Waals surface area contributed by atoms with E-state index in [9.17, 15) is 4.57 Å². The van der Waals surface area contributed by atoms with Gasteiger partial charge >= 0.3 is 7.60 Å². The van der Waals surface area contributed by atoms with Crippen LogP contribution in [0.1, 0.15) is 6.42 Å². The average molecular weight is 270 g/mol. The quantitative estimate of drug-likeness (QED) is 0.609. The predicted molar refractivity (Wildman–Crippen MR) is 61.5 cm³/mol. The molecule has 2 aromatic rings. The van der Waals surface area contributed by atoms with E-state index in [2.05, 4.69) is 10.1 Å². The molecular formula is C10H13N3O4P+. The molecule has 0 spiro atoms. The number of rotatable bonds is 5. The fourth-order valence-electron chi connectivity index (χ4n) is 1.45. The third-order valence-corrected chi connectivity index (χ3v) is 3.19. The van der Waals surface area contributed by atoms with Crippen LogP contribution >= 0.6 is 7.60 Å². The monoisotopic (exact) mass is 270 g/mol. The molecular weight excluding hydrogens is 257 g/mol. The Hall–Kier alpha value is -1.56. The van der Waals surface area contributed by atoms with Crippen molar-refractivity contribution in [1.29, 1.82) is 0 Å². The van der Waals surface area contributed by atoms with Crippen LogP contribution in [0.3, 0.4) is 0 Å². The SMILES string of the molecule is O=P(O)(O)CCC[n+]1ccc(-c2ncco2)cn1. The molecule has 0 unspecified atom stereocenters.